The minimum Gasteiger partial charge on any atom is -0.390 e. The molecule has 0 unspecified atom stereocenters. The molecule has 4 atom stereocenters. The van der Waals surface area contributed by atoms with E-state index < -0.39 is 41.1 Å². The lowest BCUT2D eigenvalue weighted by Crippen LogP contribution is -2.33. The van der Waals surface area contributed by atoms with E-state index in [2.05, 4.69) is 24.5 Å². The van der Waals surface area contributed by atoms with Gasteiger partial charge in [-0.2, -0.15) is 8.42 Å². The van der Waals surface area contributed by atoms with Crippen molar-refractivity contribution in [2.75, 3.05) is 11.9 Å². The van der Waals surface area contributed by atoms with Crippen molar-refractivity contribution in [2.24, 2.45) is 11.1 Å². The maximum Gasteiger partial charge on any atom is 0.333 e. The molecular weight excluding hydrogens is 505 g/mol. The lowest BCUT2D eigenvalue weighted by atomic mass is 10.1. The van der Waals surface area contributed by atoms with Crippen molar-refractivity contribution < 1.29 is 26.9 Å². The first kappa shape index (κ1) is 25.0. The van der Waals surface area contributed by atoms with Gasteiger partial charge >= 0.3 is 10.3 Å². The van der Waals surface area contributed by atoms with Crippen molar-refractivity contribution in [1.82, 2.24) is 23.9 Å². The summed E-state index contributed by atoms with van der Waals surface area (Å²) < 4.78 is 45.3. The fourth-order valence-electron chi connectivity index (χ4n) is 4.52. The molecule has 0 spiro atoms. The number of halogens is 1. The number of pyridine rings is 1. The molecule has 1 saturated carbocycles. The Bertz CT molecular complexity index is 1540. The highest BCUT2D eigenvalue weighted by atomic mass is 32.2. The third-order valence-corrected chi connectivity index (χ3v) is 6.81. The number of nitrogens with zero attached hydrogens (tertiary/aromatic N) is 5. The van der Waals surface area contributed by atoms with Crippen molar-refractivity contribution in [2.45, 2.75) is 31.3 Å². The van der Waals surface area contributed by atoms with Crippen molar-refractivity contribution in [3.05, 3.63) is 78.4 Å². The summed E-state index contributed by atoms with van der Waals surface area (Å²) in [7, 11) is -4.23. The number of carbonyl (C=O) groups excluding carboxylic acids is 1. The maximum absolute atomic E-state index is 14.8. The summed E-state index contributed by atoms with van der Waals surface area (Å²) in [5.41, 5.74) is 2.31. The number of aliphatic hydroxyl groups excluding tert-OH is 1. The van der Waals surface area contributed by atoms with E-state index in [0.29, 0.717) is 12.1 Å². The van der Waals surface area contributed by atoms with Crippen molar-refractivity contribution >= 4 is 27.6 Å². The average Bonchev–Trinajstić information content (AvgIpc) is 3.59. The fraction of sp³-hybridized carbons (Fsp3) is 0.304. The molecule has 1 fully saturated rings. The zero-order valence-electron chi connectivity index (χ0n) is 19.4. The van der Waals surface area contributed by atoms with Crippen LogP contribution in [-0.2, 0) is 21.0 Å². The van der Waals surface area contributed by atoms with E-state index in [0.717, 1.165) is 11.3 Å². The molecule has 4 heterocycles. The van der Waals surface area contributed by atoms with E-state index >= 15 is 0 Å². The number of carbonyl (C=O) groups is 1. The first-order valence-corrected chi connectivity index (χ1v) is 12.8. The monoisotopic (exact) mass is 529 g/mol. The van der Waals surface area contributed by atoms with E-state index in [1.807, 2.05) is 33.4 Å². The van der Waals surface area contributed by atoms with E-state index in [-0.39, 0.29) is 23.6 Å². The second kappa shape index (κ2) is 9.97. The Balaban J connectivity index is 1.31. The summed E-state index contributed by atoms with van der Waals surface area (Å²) in [6, 6.07) is 6.51. The average molecular weight is 530 g/mol. The summed E-state index contributed by atoms with van der Waals surface area (Å²) >= 11 is 0. The number of hydrogen-bond donors (Lipinski definition) is 3. The number of ketones is 1. The van der Waals surface area contributed by atoms with Crippen LogP contribution in [0.15, 0.2) is 61.6 Å². The van der Waals surface area contributed by atoms with Gasteiger partial charge in [-0.3, -0.25) is 8.98 Å². The number of hydrogen-bond acceptors (Lipinski definition) is 9. The summed E-state index contributed by atoms with van der Waals surface area (Å²) in [6.07, 6.45) is 6.42. The van der Waals surface area contributed by atoms with Crippen LogP contribution in [0.3, 0.4) is 0 Å². The van der Waals surface area contributed by atoms with Gasteiger partial charge in [0.15, 0.2) is 5.78 Å². The largest absolute Gasteiger partial charge is 0.390 e. The van der Waals surface area contributed by atoms with Crippen LogP contribution in [0, 0.1) is 5.92 Å². The third-order valence-electron chi connectivity index (χ3n) is 6.35. The molecule has 1 aliphatic rings. The Morgan fingerprint density at radius 3 is 2.92 bits per heavy atom. The number of fused-ring (bicyclic) bond motifs is 1. The number of imidazole rings is 1. The van der Waals surface area contributed by atoms with Gasteiger partial charge in [0.25, 0.3) is 0 Å². The molecule has 4 aromatic heterocycles. The van der Waals surface area contributed by atoms with Crippen LogP contribution >= 0.6 is 0 Å². The standard InChI is InChI=1S/C23H24FN7O5S/c24-20-18(8-15(22(20)33)12-36-37(25,34)35)29-23-17(9-26-13-28-23)21(32)14-4-6-30(10-14)11-16-2-1-3-19-27-5-7-31(16)19/h1-7,9-10,13,15,18,20,22,33H,8,11-12H2,(H2,25,34,35)(H,26,28,29)/t15-,18-,20-,22-/m1/s1. The summed E-state index contributed by atoms with van der Waals surface area (Å²) in [5.74, 6) is -1.09. The highest BCUT2D eigenvalue weighted by Crippen LogP contribution is 2.32. The van der Waals surface area contributed by atoms with Crippen molar-refractivity contribution in [1.29, 1.82) is 0 Å². The van der Waals surface area contributed by atoms with Crippen LogP contribution in [0.25, 0.3) is 5.65 Å². The third kappa shape index (κ3) is 5.36. The fourth-order valence-corrected chi connectivity index (χ4v) is 4.88. The Morgan fingerprint density at radius 1 is 1.27 bits per heavy atom. The predicted molar refractivity (Wildman–Crippen MR) is 130 cm³/mol. The van der Waals surface area contributed by atoms with Gasteiger partial charge in [0.05, 0.1) is 30.9 Å². The molecule has 12 nitrogen and oxygen atoms in total. The molecule has 194 valence electrons. The van der Waals surface area contributed by atoms with E-state index in [1.54, 1.807) is 24.7 Å². The normalized spacial score (nSPS) is 21.9. The smallest absolute Gasteiger partial charge is 0.333 e. The number of aromatic nitrogens is 5. The molecule has 0 amide bonds. The molecule has 0 aliphatic heterocycles. The quantitative estimate of drug-likeness (QED) is 0.267. The molecule has 1 aliphatic carbocycles. The highest BCUT2D eigenvalue weighted by Gasteiger charge is 2.44. The molecule has 37 heavy (non-hydrogen) atoms. The van der Waals surface area contributed by atoms with Gasteiger partial charge in [0, 0.05) is 48.2 Å². The Hall–Kier alpha value is -3.72. The SMILES string of the molecule is NS(=O)(=O)OC[C@H]1C[C@@H](Nc2ncncc2C(=O)c2ccn(Cc3cccc4nccn34)c2)[C@@H](F)[C@@H]1O. The van der Waals surface area contributed by atoms with Crippen LogP contribution in [0.5, 0.6) is 0 Å². The molecule has 5 rings (SSSR count). The molecular formula is C23H24FN7O5S. The Labute approximate surface area is 211 Å². The summed E-state index contributed by atoms with van der Waals surface area (Å²) in [6.45, 7) is 0.0390. The second-order valence-electron chi connectivity index (χ2n) is 8.82. The first-order chi connectivity index (χ1) is 17.7. The number of nitrogens with two attached hydrogens (primary N) is 1. The van der Waals surface area contributed by atoms with E-state index in [9.17, 15) is 22.7 Å². The van der Waals surface area contributed by atoms with Crippen molar-refractivity contribution in [3.8, 4) is 0 Å². The maximum atomic E-state index is 14.8. The van der Waals surface area contributed by atoms with Crippen LogP contribution < -0.4 is 10.5 Å². The van der Waals surface area contributed by atoms with Gasteiger partial charge in [0.2, 0.25) is 0 Å². The molecule has 0 radical (unpaired) electrons. The minimum absolute atomic E-state index is 0.0334. The van der Waals surface area contributed by atoms with E-state index in [4.69, 9.17) is 5.14 Å². The molecule has 0 bridgehead atoms. The van der Waals surface area contributed by atoms with Gasteiger partial charge in [-0.1, -0.05) is 6.07 Å². The van der Waals surface area contributed by atoms with Crippen molar-refractivity contribution in [3.63, 3.8) is 0 Å². The zero-order chi connectivity index (χ0) is 26.2. The topological polar surface area (TPSA) is 167 Å². The van der Waals surface area contributed by atoms with Gasteiger partial charge in [-0.05, 0) is 24.6 Å². The second-order valence-corrected chi connectivity index (χ2v) is 10.0. The molecule has 0 saturated heterocycles. The molecule has 14 heteroatoms. The number of alkyl halides is 1. The number of aliphatic hydroxyl groups is 1. The van der Waals surface area contributed by atoms with Crippen LogP contribution in [0.4, 0.5) is 10.2 Å². The van der Waals surface area contributed by atoms with Gasteiger partial charge in [-0.25, -0.2) is 24.5 Å². The lowest BCUT2D eigenvalue weighted by molar-refractivity contribution is 0.0501. The highest BCUT2D eigenvalue weighted by molar-refractivity contribution is 7.84. The molecule has 0 aromatic carbocycles. The van der Waals surface area contributed by atoms with Crippen LogP contribution in [-0.4, -0.2) is 68.2 Å². The van der Waals surface area contributed by atoms with Crippen LogP contribution in [0.2, 0.25) is 0 Å². The van der Waals surface area contributed by atoms with Crippen LogP contribution in [0.1, 0.15) is 28.0 Å². The Kier molecular flexibility index (Phi) is 6.72. The molecule has 4 N–H and O–H groups in total. The van der Waals surface area contributed by atoms with Gasteiger partial charge < -0.3 is 19.4 Å². The number of anilines is 1. The summed E-state index contributed by atoms with van der Waals surface area (Å²) in [5, 5.41) is 17.9. The predicted octanol–water partition coefficient (Wildman–Crippen LogP) is 0.925. The summed E-state index contributed by atoms with van der Waals surface area (Å²) in [4.78, 5) is 25.6. The van der Waals surface area contributed by atoms with E-state index in [1.165, 1.54) is 12.5 Å². The zero-order valence-corrected chi connectivity index (χ0v) is 20.2. The van der Waals surface area contributed by atoms with Gasteiger partial charge in [0.1, 0.15) is 24.0 Å². The lowest BCUT2D eigenvalue weighted by Gasteiger charge is -2.18. The molecule has 4 aromatic rings. The van der Waals surface area contributed by atoms with Gasteiger partial charge in [-0.15, -0.1) is 0 Å². The number of nitrogens with one attached hydrogen (secondary N) is 1. The minimum atomic E-state index is -4.23. The number of rotatable bonds is 9. The first-order valence-electron chi connectivity index (χ1n) is 11.4. The Morgan fingerprint density at radius 2 is 2.11 bits per heavy atom.